The quantitative estimate of drug-likeness (QED) is 0.316. The SMILES string of the molecule is CN=C(C[N+](=O)[O-])Nc1cccc(-c2nsc(N=C(N)N)n2)c1. The third kappa shape index (κ3) is 4.71. The van der Waals surface area contributed by atoms with Crippen LogP contribution in [0.15, 0.2) is 34.3 Å². The Hall–Kier alpha value is -3.08. The van der Waals surface area contributed by atoms with E-state index in [4.69, 9.17) is 11.5 Å². The molecule has 1 aromatic heterocycles. The molecule has 0 bridgehead atoms. The minimum Gasteiger partial charge on any atom is -0.370 e. The number of aliphatic imine (C=N–C) groups is 2. The Labute approximate surface area is 135 Å². The fourth-order valence-corrected chi connectivity index (χ4v) is 2.27. The lowest BCUT2D eigenvalue weighted by Crippen LogP contribution is -2.22. The third-order valence-electron chi connectivity index (χ3n) is 2.60. The number of hydrogen-bond acceptors (Lipinski definition) is 7. The van der Waals surface area contributed by atoms with Crippen LogP contribution in [0.4, 0.5) is 10.8 Å². The second-order valence-corrected chi connectivity index (χ2v) is 5.03. The van der Waals surface area contributed by atoms with E-state index >= 15 is 0 Å². The van der Waals surface area contributed by atoms with Crippen molar-refractivity contribution in [2.75, 3.05) is 18.9 Å². The Kier molecular flexibility index (Phi) is 5.15. The lowest BCUT2D eigenvalue weighted by Gasteiger charge is -2.06. The van der Waals surface area contributed by atoms with Crippen molar-refractivity contribution in [1.29, 1.82) is 0 Å². The molecule has 0 spiro atoms. The number of rotatable bonds is 5. The van der Waals surface area contributed by atoms with E-state index in [1.807, 2.05) is 6.07 Å². The molecule has 0 saturated carbocycles. The summed E-state index contributed by atoms with van der Waals surface area (Å²) in [7, 11) is 1.49. The molecule has 0 aliphatic carbocycles. The van der Waals surface area contributed by atoms with Crippen molar-refractivity contribution in [3.63, 3.8) is 0 Å². The van der Waals surface area contributed by atoms with Gasteiger partial charge in [-0.25, -0.2) is 0 Å². The summed E-state index contributed by atoms with van der Waals surface area (Å²) >= 11 is 1.06. The van der Waals surface area contributed by atoms with Gasteiger partial charge in [0.25, 0.3) is 6.54 Å². The van der Waals surface area contributed by atoms with Gasteiger partial charge in [0.15, 0.2) is 17.6 Å². The zero-order chi connectivity index (χ0) is 16.8. The van der Waals surface area contributed by atoms with E-state index in [0.717, 1.165) is 17.1 Å². The molecule has 0 radical (unpaired) electrons. The number of nitro groups is 1. The molecule has 1 aromatic carbocycles. The van der Waals surface area contributed by atoms with E-state index in [2.05, 4.69) is 24.7 Å². The topological polar surface area (TPSA) is 158 Å². The van der Waals surface area contributed by atoms with Gasteiger partial charge in [0.1, 0.15) is 0 Å². The van der Waals surface area contributed by atoms with Crippen LogP contribution in [-0.4, -0.2) is 39.7 Å². The maximum atomic E-state index is 10.6. The highest BCUT2D eigenvalue weighted by Gasteiger charge is 2.10. The van der Waals surface area contributed by atoms with Crippen molar-refractivity contribution < 1.29 is 4.92 Å². The van der Waals surface area contributed by atoms with E-state index < -0.39 is 4.92 Å². The van der Waals surface area contributed by atoms with Crippen molar-refractivity contribution in [3.8, 4) is 11.4 Å². The Morgan fingerprint density at radius 3 is 2.91 bits per heavy atom. The highest BCUT2D eigenvalue weighted by Crippen LogP contribution is 2.25. The number of benzene rings is 1. The molecule has 0 aliphatic heterocycles. The first-order valence-electron chi connectivity index (χ1n) is 6.36. The van der Waals surface area contributed by atoms with Gasteiger partial charge < -0.3 is 16.8 Å². The fraction of sp³-hybridized carbons (Fsp3) is 0.167. The molecule has 0 fully saturated rings. The molecule has 23 heavy (non-hydrogen) atoms. The second-order valence-electron chi connectivity index (χ2n) is 4.30. The molecule has 5 N–H and O–H groups in total. The highest BCUT2D eigenvalue weighted by atomic mass is 32.1. The number of guanidine groups is 1. The van der Waals surface area contributed by atoms with Crippen LogP contribution < -0.4 is 16.8 Å². The standard InChI is InChI=1S/C12H14N8O2S/c1-15-9(6-20(21)22)16-8-4-2-3-7(5-8)10-17-12(23-19-10)18-11(13)14/h2-5H,6H2,1H3,(H,15,16)(H4,13,14,17,18,19). The molecule has 0 amide bonds. The van der Waals surface area contributed by atoms with Gasteiger partial charge in [-0.15, -0.1) is 0 Å². The van der Waals surface area contributed by atoms with E-state index in [-0.39, 0.29) is 18.3 Å². The summed E-state index contributed by atoms with van der Waals surface area (Å²) in [6.07, 6.45) is 0. The average molecular weight is 334 g/mol. The smallest absolute Gasteiger partial charge is 0.260 e. The average Bonchev–Trinajstić information content (AvgIpc) is 2.94. The Morgan fingerprint density at radius 2 is 2.26 bits per heavy atom. The van der Waals surface area contributed by atoms with Gasteiger partial charge in [-0.05, 0) is 12.1 Å². The summed E-state index contributed by atoms with van der Waals surface area (Å²) in [6.45, 7) is -0.385. The first-order valence-corrected chi connectivity index (χ1v) is 7.13. The number of hydrogen-bond donors (Lipinski definition) is 3. The largest absolute Gasteiger partial charge is 0.370 e. The van der Waals surface area contributed by atoms with Crippen LogP contribution in [0.2, 0.25) is 0 Å². The number of nitrogens with two attached hydrogens (primary N) is 2. The summed E-state index contributed by atoms with van der Waals surface area (Å²) in [6, 6.07) is 7.10. The third-order valence-corrected chi connectivity index (χ3v) is 3.21. The maximum absolute atomic E-state index is 10.6. The zero-order valence-electron chi connectivity index (χ0n) is 12.1. The molecule has 120 valence electrons. The Morgan fingerprint density at radius 1 is 1.48 bits per heavy atom. The van der Waals surface area contributed by atoms with Crippen LogP contribution in [0.5, 0.6) is 0 Å². The molecule has 2 rings (SSSR count). The molecular weight excluding hydrogens is 320 g/mol. The van der Waals surface area contributed by atoms with E-state index in [1.165, 1.54) is 7.05 Å². The van der Waals surface area contributed by atoms with E-state index in [9.17, 15) is 10.1 Å². The van der Waals surface area contributed by atoms with Gasteiger partial charge in [-0.1, -0.05) is 12.1 Å². The summed E-state index contributed by atoms with van der Waals surface area (Å²) < 4.78 is 4.17. The van der Waals surface area contributed by atoms with Gasteiger partial charge in [0, 0.05) is 34.8 Å². The first kappa shape index (κ1) is 16.3. The van der Waals surface area contributed by atoms with E-state index in [1.54, 1.807) is 18.2 Å². The highest BCUT2D eigenvalue weighted by molar-refractivity contribution is 7.09. The molecule has 2 aromatic rings. The van der Waals surface area contributed by atoms with Crippen molar-refractivity contribution >= 4 is 34.1 Å². The Bertz CT molecular complexity index is 766. The van der Waals surface area contributed by atoms with Gasteiger partial charge >= 0.3 is 0 Å². The number of anilines is 1. The molecule has 11 heteroatoms. The molecule has 0 saturated heterocycles. The number of nitrogens with zero attached hydrogens (tertiary/aromatic N) is 5. The van der Waals surface area contributed by atoms with Crippen molar-refractivity contribution in [3.05, 3.63) is 34.4 Å². The molecule has 0 atom stereocenters. The van der Waals surface area contributed by atoms with Crippen molar-refractivity contribution in [2.24, 2.45) is 21.5 Å². The van der Waals surface area contributed by atoms with Crippen LogP contribution in [0.25, 0.3) is 11.4 Å². The van der Waals surface area contributed by atoms with Crippen molar-refractivity contribution in [2.45, 2.75) is 0 Å². The van der Waals surface area contributed by atoms with Gasteiger partial charge in [-0.2, -0.15) is 14.3 Å². The Balaban J connectivity index is 2.21. The summed E-state index contributed by atoms with van der Waals surface area (Å²) in [5, 5.41) is 13.8. The fourth-order valence-electron chi connectivity index (χ4n) is 1.68. The summed E-state index contributed by atoms with van der Waals surface area (Å²) in [4.78, 5) is 22.0. The normalized spacial score (nSPS) is 11.1. The molecular formula is C12H14N8O2S. The monoisotopic (exact) mass is 334 g/mol. The molecule has 1 heterocycles. The van der Waals surface area contributed by atoms with Crippen LogP contribution in [0.1, 0.15) is 0 Å². The van der Waals surface area contributed by atoms with Crippen LogP contribution in [-0.2, 0) is 0 Å². The van der Waals surface area contributed by atoms with Gasteiger partial charge in [0.05, 0.1) is 0 Å². The number of nitrogens with one attached hydrogen (secondary N) is 1. The summed E-state index contributed by atoms with van der Waals surface area (Å²) in [5.41, 5.74) is 12.0. The van der Waals surface area contributed by atoms with Gasteiger partial charge in [0.2, 0.25) is 5.13 Å². The molecule has 0 aliphatic rings. The maximum Gasteiger partial charge on any atom is 0.260 e. The predicted molar refractivity (Wildman–Crippen MR) is 89.7 cm³/mol. The first-order chi connectivity index (χ1) is 11.0. The second kappa shape index (κ2) is 7.26. The molecule has 0 unspecified atom stereocenters. The van der Waals surface area contributed by atoms with Gasteiger partial charge in [-0.3, -0.25) is 15.1 Å². The zero-order valence-corrected chi connectivity index (χ0v) is 12.9. The minimum absolute atomic E-state index is 0.0910. The van der Waals surface area contributed by atoms with Crippen LogP contribution in [0, 0.1) is 10.1 Å². The van der Waals surface area contributed by atoms with Crippen molar-refractivity contribution in [1.82, 2.24) is 9.36 Å². The number of aromatic nitrogens is 2. The van der Waals surface area contributed by atoms with E-state index in [0.29, 0.717) is 16.6 Å². The predicted octanol–water partition coefficient (Wildman–Crippen LogP) is 0.827. The lowest BCUT2D eigenvalue weighted by atomic mass is 10.2. The minimum atomic E-state index is -0.456. The number of amidine groups is 1. The molecule has 10 nitrogen and oxygen atoms in total. The summed E-state index contributed by atoms with van der Waals surface area (Å²) in [5.74, 6) is 0.620. The van der Waals surface area contributed by atoms with Crippen LogP contribution in [0.3, 0.4) is 0 Å². The lowest BCUT2D eigenvalue weighted by molar-refractivity contribution is -0.463. The van der Waals surface area contributed by atoms with Crippen LogP contribution >= 0.6 is 11.5 Å².